The van der Waals surface area contributed by atoms with Crippen LogP contribution in [-0.2, 0) is 10.8 Å². The van der Waals surface area contributed by atoms with Crippen LogP contribution in [0, 0.1) is 11.8 Å². The molecule has 0 aromatic rings. The van der Waals surface area contributed by atoms with E-state index in [1.165, 1.54) is 19.3 Å². The van der Waals surface area contributed by atoms with Gasteiger partial charge in [-0.15, -0.1) is 0 Å². The number of hydrogen-bond acceptors (Lipinski definition) is 2. The highest BCUT2D eigenvalue weighted by molar-refractivity contribution is 7.85. The second kappa shape index (κ2) is 7.52. The maximum absolute atomic E-state index is 12.4. The first-order valence-corrected chi connectivity index (χ1v) is 8.51. The summed E-state index contributed by atoms with van der Waals surface area (Å²) in [5, 5.41) is 3.76. The monoisotopic (exact) mass is 259 g/mol. The van der Waals surface area contributed by atoms with Crippen molar-refractivity contribution >= 4 is 10.8 Å². The molecule has 4 unspecified atom stereocenters. The molecule has 0 bridgehead atoms. The Morgan fingerprint density at radius 1 is 1.35 bits per heavy atom. The minimum atomic E-state index is -0.642. The van der Waals surface area contributed by atoms with E-state index in [1.54, 1.807) is 0 Å². The fourth-order valence-corrected chi connectivity index (χ4v) is 4.84. The average Bonchev–Trinajstić information content (AvgIpc) is 2.34. The van der Waals surface area contributed by atoms with E-state index < -0.39 is 10.8 Å². The van der Waals surface area contributed by atoms with Crippen molar-refractivity contribution in [1.82, 2.24) is 5.32 Å². The molecule has 1 aliphatic rings. The summed E-state index contributed by atoms with van der Waals surface area (Å²) in [4.78, 5) is 0. The lowest BCUT2D eigenvalue weighted by molar-refractivity contribution is 0.300. The van der Waals surface area contributed by atoms with Crippen LogP contribution < -0.4 is 5.32 Å². The molecule has 1 rings (SSSR count). The summed E-state index contributed by atoms with van der Waals surface area (Å²) < 4.78 is 12.4. The molecule has 0 aromatic carbocycles. The van der Waals surface area contributed by atoms with Crippen LogP contribution in [0.15, 0.2) is 0 Å². The molecule has 3 heteroatoms. The topological polar surface area (TPSA) is 29.1 Å². The molecule has 1 aliphatic carbocycles. The second-order valence-electron chi connectivity index (χ2n) is 5.79. The Kier molecular flexibility index (Phi) is 6.71. The summed E-state index contributed by atoms with van der Waals surface area (Å²) in [5.74, 6) is 2.35. The Morgan fingerprint density at radius 3 is 2.59 bits per heavy atom. The van der Waals surface area contributed by atoms with Crippen LogP contribution in [0.3, 0.4) is 0 Å². The fraction of sp³-hybridized carbons (Fsp3) is 1.00. The summed E-state index contributed by atoms with van der Waals surface area (Å²) >= 11 is 0. The zero-order valence-corrected chi connectivity index (χ0v) is 12.7. The maximum atomic E-state index is 12.4. The van der Waals surface area contributed by atoms with Gasteiger partial charge >= 0.3 is 0 Å². The highest BCUT2D eigenvalue weighted by atomic mass is 32.2. The van der Waals surface area contributed by atoms with Gasteiger partial charge in [-0.1, -0.05) is 27.2 Å². The minimum Gasteiger partial charge on any atom is -0.316 e. The van der Waals surface area contributed by atoms with Crippen LogP contribution in [0.4, 0.5) is 0 Å². The predicted molar refractivity (Wildman–Crippen MR) is 76.7 cm³/mol. The molecule has 0 radical (unpaired) electrons. The number of rotatable bonds is 6. The quantitative estimate of drug-likeness (QED) is 0.794. The Morgan fingerprint density at radius 2 is 2.06 bits per heavy atom. The van der Waals surface area contributed by atoms with Gasteiger partial charge in [-0.2, -0.15) is 0 Å². The largest absolute Gasteiger partial charge is 0.316 e. The second-order valence-corrected chi connectivity index (χ2v) is 7.56. The standard InChI is InChI=1S/C14H29NOS/c1-5-12-6-7-13(15-4)14(10-12)17(16)9-8-11(2)3/h11-15H,5-10H2,1-4H3. The van der Waals surface area contributed by atoms with Gasteiger partial charge in [0.1, 0.15) is 0 Å². The van der Waals surface area contributed by atoms with Gasteiger partial charge in [0.25, 0.3) is 0 Å². The molecule has 2 nitrogen and oxygen atoms in total. The summed E-state index contributed by atoms with van der Waals surface area (Å²) in [6, 6.07) is 0.478. The van der Waals surface area contributed by atoms with E-state index in [2.05, 4.69) is 26.1 Å². The third-order valence-electron chi connectivity index (χ3n) is 4.08. The molecule has 102 valence electrons. The zero-order chi connectivity index (χ0) is 12.8. The first-order valence-electron chi connectivity index (χ1n) is 7.12. The lowest BCUT2D eigenvalue weighted by Gasteiger charge is -2.35. The molecule has 1 N–H and O–H groups in total. The predicted octanol–water partition coefficient (Wildman–Crippen LogP) is 2.95. The van der Waals surface area contributed by atoms with Gasteiger partial charge in [-0.05, 0) is 44.6 Å². The van der Waals surface area contributed by atoms with Crippen molar-refractivity contribution in [3.8, 4) is 0 Å². The summed E-state index contributed by atoms with van der Waals surface area (Å²) in [6.07, 6.45) is 6.00. The van der Waals surface area contributed by atoms with Gasteiger partial charge in [0, 0.05) is 22.6 Å². The minimum absolute atomic E-state index is 0.387. The highest BCUT2D eigenvalue weighted by Gasteiger charge is 2.32. The van der Waals surface area contributed by atoms with Gasteiger partial charge in [0.15, 0.2) is 0 Å². The average molecular weight is 259 g/mol. The van der Waals surface area contributed by atoms with E-state index >= 15 is 0 Å². The van der Waals surface area contributed by atoms with Crippen molar-refractivity contribution in [1.29, 1.82) is 0 Å². The fourth-order valence-electron chi connectivity index (χ4n) is 2.71. The van der Waals surface area contributed by atoms with Crippen LogP contribution in [0.1, 0.15) is 52.9 Å². The summed E-state index contributed by atoms with van der Waals surface area (Å²) in [5.41, 5.74) is 0. The van der Waals surface area contributed by atoms with Crippen LogP contribution in [0.2, 0.25) is 0 Å². The van der Waals surface area contributed by atoms with E-state index in [1.807, 2.05) is 7.05 Å². The first kappa shape index (κ1) is 15.2. The molecule has 1 saturated carbocycles. The van der Waals surface area contributed by atoms with E-state index in [0.29, 0.717) is 17.2 Å². The van der Waals surface area contributed by atoms with Crippen LogP contribution >= 0.6 is 0 Å². The van der Waals surface area contributed by atoms with Crippen molar-refractivity contribution in [2.24, 2.45) is 11.8 Å². The van der Waals surface area contributed by atoms with Crippen molar-refractivity contribution in [3.05, 3.63) is 0 Å². The van der Waals surface area contributed by atoms with Gasteiger partial charge in [0.2, 0.25) is 0 Å². The molecule has 0 spiro atoms. The third kappa shape index (κ3) is 4.70. The highest BCUT2D eigenvalue weighted by Crippen LogP contribution is 2.30. The molecule has 1 fully saturated rings. The molecular formula is C14H29NOS. The zero-order valence-electron chi connectivity index (χ0n) is 11.9. The van der Waals surface area contributed by atoms with Crippen molar-refractivity contribution < 1.29 is 4.21 Å². The molecule has 0 aliphatic heterocycles. The van der Waals surface area contributed by atoms with Crippen molar-refractivity contribution in [2.75, 3.05) is 12.8 Å². The van der Waals surface area contributed by atoms with Gasteiger partial charge in [-0.25, -0.2) is 0 Å². The lowest BCUT2D eigenvalue weighted by Crippen LogP contribution is -2.45. The molecule has 0 aromatic heterocycles. The lowest BCUT2D eigenvalue weighted by atomic mass is 9.84. The van der Waals surface area contributed by atoms with Crippen LogP contribution in [0.25, 0.3) is 0 Å². The van der Waals surface area contributed by atoms with Crippen molar-refractivity contribution in [3.63, 3.8) is 0 Å². The Labute approximate surface area is 109 Å². The van der Waals surface area contributed by atoms with Gasteiger partial charge < -0.3 is 5.32 Å². The summed E-state index contributed by atoms with van der Waals surface area (Å²) in [6.45, 7) is 6.68. The molecule has 0 amide bonds. The number of hydrogen-bond donors (Lipinski definition) is 1. The smallest absolute Gasteiger partial charge is 0.0503 e. The van der Waals surface area contributed by atoms with Crippen LogP contribution in [0.5, 0.6) is 0 Å². The molecule has 0 heterocycles. The third-order valence-corrected chi connectivity index (χ3v) is 5.92. The Balaban J connectivity index is 2.53. The molecule has 17 heavy (non-hydrogen) atoms. The van der Waals surface area contributed by atoms with E-state index in [9.17, 15) is 4.21 Å². The summed E-state index contributed by atoms with van der Waals surface area (Å²) in [7, 11) is 1.38. The number of nitrogens with one attached hydrogen (secondary N) is 1. The SMILES string of the molecule is CCC1CCC(NC)C(S(=O)CCC(C)C)C1. The first-order chi connectivity index (χ1) is 8.08. The normalized spacial score (nSPS) is 31.7. The Hall–Kier alpha value is 0.110. The molecule has 0 saturated heterocycles. The van der Waals surface area contributed by atoms with E-state index in [0.717, 1.165) is 24.5 Å². The van der Waals surface area contributed by atoms with Crippen LogP contribution in [-0.4, -0.2) is 28.3 Å². The van der Waals surface area contributed by atoms with Crippen molar-refractivity contribution in [2.45, 2.75) is 64.2 Å². The maximum Gasteiger partial charge on any atom is 0.0503 e. The van der Waals surface area contributed by atoms with Gasteiger partial charge in [-0.3, -0.25) is 4.21 Å². The molecule has 4 atom stereocenters. The molecular weight excluding hydrogens is 230 g/mol. The Bertz CT molecular complexity index is 242. The van der Waals surface area contributed by atoms with E-state index in [4.69, 9.17) is 0 Å². The van der Waals surface area contributed by atoms with Gasteiger partial charge in [0.05, 0.1) is 5.25 Å². The van der Waals surface area contributed by atoms with E-state index in [-0.39, 0.29) is 0 Å².